The Balaban J connectivity index is 2.72. The highest BCUT2D eigenvalue weighted by atomic mass is 32.2. The summed E-state index contributed by atoms with van der Waals surface area (Å²) in [5, 5.41) is 0. The number of aromatic nitrogens is 1. The molecular weight excluding hydrogens is 218 g/mol. The number of nitrogens with two attached hydrogens (primary N) is 1. The van der Waals surface area contributed by atoms with Crippen molar-refractivity contribution in [2.24, 2.45) is 5.84 Å². The normalized spacial score (nSPS) is 13.8. The minimum absolute atomic E-state index is 0.165. The first-order valence-corrected chi connectivity index (χ1v) is 6.43. The molecule has 0 aliphatic carbocycles. The van der Waals surface area contributed by atoms with Crippen molar-refractivity contribution < 1.29 is 0 Å². The third-order valence-electron chi connectivity index (χ3n) is 2.34. The maximum Gasteiger partial charge on any atom is 0.0568 e. The molecule has 1 aromatic heterocycles. The van der Waals surface area contributed by atoms with Crippen LogP contribution in [0, 0.1) is 6.92 Å². The lowest BCUT2D eigenvalue weighted by Gasteiger charge is -2.23. The highest BCUT2D eigenvalue weighted by Crippen LogP contribution is 2.28. The van der Waals surface area contributed by atoms with Gasteiger partial charge in [0.2, 0.25) is 0 Å². The number of hydrazine groups is 1. The number of thioether (sulfide) groups is 1. The summed E-state index contributed by atoms with van der Waals surface area (Å²) in [5.41, 5.74) is 5.28. The maximum absolute atomic E-state index is 5.61. The molecule has 90 valence electrons. The van der Waals surface area contributed by atoms with Crippen molar-refractivity contribution in [2.75, 3.05) is 5.75 Å². The summed E-state index contributed by atoms with van der Waals surface area (Å²) in [7, 11) is 0. The van der Waals surface area contributed by atoms with Crippen LogP contribution < -0.4 is 11.3 Å². The SMILES string of the molecule is Cc1ccncc1C(CSC(C)(C)C)NN. The van der Waals surface area contributed by atoms with Gasteiger partial charge in [-0.2, -0.15) is 11.8 Å². The molecule has 1 heterocycles. The second-order valence-electron chi connectivity index (χ2n) is 4.87. The fraction of sp³-hybridized carbons (Fsp3) is 0.583. The van der Waals surface area contributed by atoms with Crippen LogP contribution in [0.25, 0.3) is 0 Å². The number of nitrogens with zero attached hydrogens (tertiary/aromatic N) is 1. The summed E-state index contributed by atoms with van der Waals surface area (Å²) in [6, 6.07) is 2.18. The van der Waals surface area contributed by atoms with E-state index in [2.05, 4.69) is 38.1 Å². The summed E-state index contributed by atoms with van der Waals surface area (Å²) < 4.78 is 0.255. The van der Waals surface area contributed by atoms with Crippen LogP contribution in [0.4, 0.5) is 0 Å². The van der Waals surface area contributed by atoms with Gasteiger partial charge in [0, 0.05) is 22.9 Å². The van der Waals surface area contributed by atoms with E-state index >= 15 is 0 Å². The summed E-state index contributed by atoms with van der Waals surface area (Å²) >= 11 is 1.90. The third-order valence-corrected chi connectivity index (χ3v) is 3.71. The van der Waals surface area contributed by atoms with Crippen molar-refractivity contribution in [1.29, 1.82) is 0 Å². The van der Waals surface area contributed by atoms with E-state index in [1.807, 2.05) is 30.2 Å². The largest absolute Gasteiger partial charge is 0.271 e. The topological polar surface area (TPSA) is 50.9 Å². The highest BCUT2D eigenvalue weighted by molar-refractivity contribution is 8.00. The van der Waals surface area contributed by atoms with Gasteiger partial charge in [0.1, 0.15) is 0 Å². The molecule has 1 atom stereocenters. The standard InChI is InChI=1S/C12H21N3S/c1-9-5-6-14-7-10(9)11(15-13)8-16-12(2,3)4/h5-7,11,15H,8,13H2,1-4H3. The Morgan fingerprint density at radius 2 is 2.19 bits per heavy atom. The molecule has 3 N–H and O–H groups in total. The van der Waals surface area contributed by atoms with Crippen molar-refractivity contribution in [3.05, 3.63) is 29.6 Å². The van der Waals surface area contributed by atoms with E-state index in [1.165, 1.54) is 11.1 Å². The highest BCUT2D eigenvalue weighted by Gasteiger charge is 2.17. The van der Waals surface area contributed by atoms with E-state index in [1.54, 1.807) is 0 Å². The second-order valence-corrected chi connectivity index (χ2v) is 6.72. The molecular formula is C12H21N3S. The minimum atomic E-state index is 0.165. The number of hydrogen-bond acceptors (Lipinski definition) is 4. The van der Waals surface area contributed by atoms with E-state index < -0.39 is 0 Å². The molecule has 3 nitrogen and oxygen atoms in total. The number of pyridine rings is 1. The molecule has 0 spiro atoms. The molecule has 0 radical (unpaired) electrons. The van der Waals surface area contributed by atoms with Crippen LogP contribution in [-0.4, -0.2) is 15.5 Å². The van der Waals surface area contributed by atoms with Crippen molar-refractivity contribution in [3.63, 3.8) is 0 Å². The monoisotopic (exact) mass is 239 g/mol. The Morgan fingerprint density at radius 1 is 1.50 bits per heavy atom. The molecule has 0 amide bonds. The first kappa shape index (κ1) is 13.5. The van der Waals surface area contributed by atoms with Gasteiger partial charge in [0.15, 0.2) is 0 Å². The van der Waals surface area contributed by atoms with Gasteiger partial charge < -0.3 is 0 Å². The zero-order valence-corrected chi connectivity index (χ0v) is 11.3. The van der Waals surface area contributed by atoms with E-state index in [0.717, 1.165) is 5.75 Å². The molecule has 0 saturated heterocycles. The van der Waals surface area contributed by atoms with Crippen LogP contribution >= 0.6 is 11.8 Å². The van der Waals surface area contributed by atoms with Gasteiger partial charge in [0.25, 0.3) is 0 Å². The van der Waals surface area contributed by atoms with Gasteiger partial charge >= 0.3 is 0 Å². The molecule has 0 aliphatic rings. The van der Waals surface area contributed by atoms with Gasteiger partial charge in [-0.05, 0) is 24.1 Å². The molecule has 0 aliphatic heterocycles. The van der Waals surface area contributed by atoms with Crippen molar-refractivity contribution in [1.82, 2.24) is 10.4 Å². The van der Waals surface area contributed by atoms with Gasteiger partial charge in [-0.25, -0.2) is 0 Å². The van der Waals surface area contributed by atoms with Crippen LogP contribution in [0.3, 0.4) is 0 Å². The fourth-order valence-electron chi connectivity index (χ4n) is 1.40. The molecule has 4 heteroatoms. The zero-order valence-electron chi connectivity index (χ0n) is 10.4. The number of hydrogen-bond donors (Lipinski definition) is 2. The number of nitrogens with one attached hydrogen (secondary N) is 1. The lowest BCUT2D eigenvalue weighted by Crippen LogP contribution is -2.31. The van der Waals surface area contributed by atoms with Gasteiger partial charge in [-0.1, -0.05) is 20.8 Å². The Morgan fingerprint density at radius 3 is 2.69 bits per heavy atom. The van der Waals surface area contributed by atoms with Crippen molar-refractivity contribution in [2.45, 2.75) is 38.5 Å². The summed E-state index contributed by atoms with van der Waals surface area (Å²) in [5.74, 6) is 6.56. The Kier molecular flexibility index (Phi) is 4.77. The lowest BCUT2D eigenvalue weighted by molar-refractivity contribution is 0.602. The molecule has 1 rings (SSSR count). The molecule has 1 aromatic rings. The summed E-state index contributed by atoms with van der Waals surface area (Å²) in [6.07, 6.45) is 3.70. The van der Waals surface area contributed by atoms with E-state index in [4.69, 9.17) is 5.84 Å². The fourth-order valence-corrected chi connectivity index (χ4v) is 2.34. The lowest BCUT2D eigenvalue weighted by atomic mass is 10.1. The molecule has 0 fully saturated rings. The predicted octanol–water partition coefficient (Wildman–Crippen LogP) is 2.43. The number of rotatable bonds is 4. The van der Waals surface area contributed by atoms with Crippen LogP contribution in [0.2, 0.25) is 0 Å². The van der Waals surface area contributed by atoms with Gasteiger partial charge in [-0.3, -0.25) is 16.3 Å². The zero-order chi connectivity index (χ0) is 12.2. The second kappa shape index (κ2) is 5.66. The summed E-state index contributed by atoms with van der Waals surface area (Å²) in [4.78, 5) is 4.15. The number of aryl methyl sites for hydroxylation is 1. The predicted molar refractivity (Wildman–Crippen MR) is 71.2 cm³/mol. The Labute approximate surface area is 102 Å². The van der Waals surface area contributed by atoms with E-state index in [0.29, 0.717) is 0 Å². The third kappa shape index (κ3) is 4.12. The first-order valence-electron chi connectivity index (χ1n) is 5.44. The molecule has 0 aromatic carbocycles. The van der Waals surface area contributed by atoms with E-state index in [9.17, 15) is 0 Å². The minimum Gasteiger partial charge on any atom is -0.271 e. The molecule has 0 bridgehead atoms. The quantitative estimate of drug-likeness (QED) is 0.626. The average Bonchev–Trinajstić information content (AvgIpc) is 2.20. The molecule has 0 saturated carbocycles. The maximum atomic E-state index is 5.61. The van der Waals surface area contributed by atoms with E-state index in [-0.39, 0.29) is 10.8 Å². The molecule has 1 unspecified atom stereocenters. The average molecular weight is 239 g/mol. The molecule has 16 heavy (non-hydrogen) atoms. The van der Waals surface area contributed by atoms with Gasteiger partial charge in [0.05, 0.1) is 6.04 Å². The smallest absolute Gasteiger partial charge is 0.0568 e. The van der Waals surface area contributed by atoms with Crippen LogP contribution in [-0.2, 0) is 0 Å². The van der Waals surface area contributed by atoms with Crippen molar-refractivity contribution >= 4 is 11.8 Å². The first-order chi connectivity index (χ1) is 7.44. The van der Waals surface area contributed by atoms with Crippen LogP contribution in [0.15, 0.2) is 18.5 Å². The van der Waals surface area contributed by atoms with Gasteiger partial charge in [-0.15, -0.1) is 0 Å². The van der Waals surface area contributed by atoms with Crippen molar-refractivity contribution in [3.8, 4) is 0 Å². The van der Waals surface area contributed by atoms with Crippen LogP contribution in [0.5, 0.6) is 0 Å². The summed E-state index contributed by atoms with van der Waals surface area (Å²) in [6.45, 7) is 8.72. The Bertz CT molecular complexity index is 333. The Hall–Kier alpha value is -0.580. The van der Waals surface area contributed by atoms with Crippen LogP contribution in [0.1, 0.15) is 37.9 Å².